The lowest BCUT2D eigenvalue weighted by Gasteiger charge is -2.20. The number of aliphatic hydroxyl groups excluding tert-OH is 1. The molecule has 1 rings (SSSR count). The first-order chi connectivity index (χ1) is 8.97. The van der Waals surface area contributed by atoms with E-state index in [0.29, 0.717) is 11.4 Å². The minimum atomic E-state index is -0.747. The maximum atomic E-state index is 12.1. The van der Waals surface area contributed by atoms with Gasteiger partial charge in [0.05, 0.1) is 12.7 Å². The molecule has 1 aromatic rings. The van der Waals surface area contributed by atoms with Crippen LogP contribution in [0.3, 0.4) is 0 Å². The van der Waals surface area contributed by atoms with Gasteiger partial charge in [-0.05, 0) is 12.1 Å². The van der Waals surface area contributed by atoms with Crippen LogP contribution in [-0.2, 0) is 4.74 Å². The lowest BCUT2D eigenvalue weighted by molar-refractivity contribution is 0.0380. The predicted octanol–water partition coefficient (Wildman–Crippen LogP) is 0.0999. The van der Waals surface area contributed by atoms with E-state index in [0.717, 1.165) is 0 Å². The summed E-state index contributed by atoms with van der Waals surface area (Å²) in [7, 11) is 3.05. The third kappa shape index (κ3) is 4.64. The minimum absolute atomic E-state index is 0.151. The van der Waals surface area contributed by atoms with Crippen LogP contribution in [-0.4, -0.2) is 54.3 Å². The number of hydrogen-bond donors (Lipinski definition) is 3. The number of hydrogen-bond acceptors (Lipinski definition) is 6. The number of carbonyl (C=O) groups excluding carboxylic acids is 1. The van der Waals surface area contributed by atoms with Crippen LogP contribution in [0, 0.1) is 0 Å². The Hall–Kier alpha value is -1.41. The molecule has 0 fully saturated rings. The number of likely N-dealkylation sites (N-methyl/N-ethyl adjacent to an activating group) is 1. The molecule has 7 nitrogen and oxygen atoms in total. The van der Waals surface area contributed by atoms with Gasteiger partial charge in [-0.25, -0.2) is 10.8 Å². The fourth-order valence-electron chi connectivity index (χ4n) is 1.56. The molecule has 0 saturated carbocycles. The fraction of sp³-hybridized carbons (Fsp3) is 0.455. The second kappa shape index (κ2) is 7.25. The Morgan fingerprint density at radius 1 is 1.68 bits per heavy atom. The minimum Gasteiger partial charge on any atom is -0.389 e. The van der Waals surface area contributed by atoms with Gasteiger partial charge in [-0.3, -0.25) is 4.79 Å². The molecule has 0 aromatic carbocycles. The number of methoxy groups -OCH3 is 1. The van der Waals surface area contributed by atoms with Crippen molar-refractivity contribution in [1.29, 1.82) is 0 Å². The second-order valence-electron chi connectivity index (χ2n) is 4.00. The number of pyridine rings is 1. The van der Waals surface area contributed by atoms with E-state index < -0.39 is 6.10 Å². The number of halogens is 1. The first-order valence-electron chi connectivity index (χ1n) is 5.54. The van der Waals surface area contributed by atoms with E-state index in [1.165, 1.54) is 24.1 Å². The Morgan fingerprint density at radius 2 is 2.37 bits per heavy atom. The topological polar surface area (TPSA) is 101 Å². The molecule has 19 heavy (non-hydrogen) atoms. The fourth-order valence-corrected chi connectivity index (χ4v) is 1.77. The summed E-state index contributed by atoms with van der Waals surface area (Å²) in [5.41, 5.74) is 2.66. The maximum absolute atomic E-state index is 12.1. The monoisotopic (exact) mass is 288 g/mol. The lowest BCUT2D eigenvalue weighted by Crippen LogP contribution is -2.36. The van der Waals surface area contributed by atoms with Gasteiger partial charge >= 0.3 is 0 Å². The predicted molar refractivity (Wildman–Crippen MR) is 71.9 cm³/mol. The van der Waals surface area contributed by atoms with Gasteiger partial charge in [0.25, 0.3) is 5.91 Å². The number of amides is 1. The number of carbonyl (C=O) groups is 1. The van der Waals surface area contributed by atoms with E-state index in [2.05, 4.69) is 10.4 Å². The molecule has 0 aliphatic carbocycles. The molecular formula is C11H17ClN4O3. The number of rotatable bonds is 6. The van der Waals surface area contributed by atoms with Crippen LogP contribution < -0.4 is 11.3 Å². The average Bonchev–Trinajstić information content (AvgIpc) is 2.37. The summed E-state index contributed by atoms with van der Waals surface area (Å²) in [6.45, 7) is 0.308. The van der Waals surface area contributed by atoms with Crippen molar-refractivity contribution in [2.24, 2.45) is 5.84 Å². The number of nitrogens with zero attached hydrogens (tertiary/aromatic N) is 2. The van der Waals surface area contributed by atoms with E-state index in [9.17, 15) is 9.90 Å². The summed E-state index contributed by atoms with van der Waals surface area (Å²) >= 11 is 5.79. The van der Waals surface area contributed by atoms with Crippen molar-refractivity contribution in [1.82, 2.24) is 9.88 Å². The van der Waals surface area contributed by atoms with Crippen LogP contribution in [0.25, 0.3) is 0 Å². The van der Waals surface area contributed by atoms with Crippen molar-refractivity contribution >= 4 is 23.3 Å². The normalized spacial score (nSPS) is 12.1. The summed E-state index contributed by atoms with van der Waals surface area (Å²) in [5, 5.41) is 9.74. The van der Waals surface area contributed by atoms with Gasteiger partial charge in [-0.15, -0.1) is 0 Å². The molecule has 0 radical (unpaired) electrons. The Balaban J connectivity index is 2.79. The van der Waals surface area contributed by atoms with Gasteiger partial charge in [0.15, 0.2) is 0 Å². The van der Waals surface area contributed by atoms with E-state index in [1.54, 1.807) is 7.05 Å². The number of hydrazine groups is 1. The van der Waals surface area contributed by atoms with E-state index >= 15 is 0 Å². The van der Waals surface area contributed by atoms with Crippen LogP contribution in [0.5, 0.6) is 0 Å². The lowest BCUT2D eigenvalue weighted by atomic mass is 10.2. The molecule has 1 unspecified atom stereocenters. The first kappa shape index (κ1) is 15.6. The van der Waals surface area contributed by atoms with E-state index in [4.69, 9.17) is 22.2 Å². The van der Waals surface area contributed by atoms with Gasteiger partial charge in [-0.1, -0.05) is 11.6 Å². The highest BCUT2D eigenvalue weighted by Crippen LogP contribution is 2.15. The van der Waals surface area contributed by atoms with Crippen molar-refractivity contribution in [2.45, 2.75) is 6.10 Å². The highest BCUT2D eigenvalue weighted by Gasteiger charge is 2.16. The summed E-state index contributed by atoms with van der Waals surface area (Å²) < 4.78 is 4.80. The molecule has 1 atom stereocenters. The largest absolute Gasteiger partial charge is 0.389 e. The highest BCUT2D eigenvalue weighted by molar-refractivity contribution is 6.29. The Kier molecular flexibility index (Phi) is 5.97. The maximum Gasteiger partial charge on any atom is 0.253 e. The molecule has 8 heteroatoms. The van der Waals surface area contributed by atoms with E-state index in [-0.39, 0.29) is 24.2 Å². The smallest absolute Gasteiger partial charge is 0.253 e. The number of nitrogen functional groups attached to an aromatic ring is 1. The summed E-state index contributed by atoms with van der Waals surface area (Å²) in [6.07, 6.45) is -0.747. The third-order valence-corrected chi connectivity index (χ3v) is 2.57. The van der Waals surface area contributed by atoms with Crippen molar-refractivity contribution in [3.05, 3.63) is 22.8 Å². The molecular weight excluding hydrogens is 272 g/mol. The zero-order valence-corrected chi connectivity index (χ0v) is 11.5. The van der Waals surface area contributed by atoms with Crippen molar-refractivity contribution in [3.8, 4) is 0 Å². The van der Waals surface area contributed by atoms with Gasteiger partial charge in [0, 0.05) is 26.3 Å². The Bertz CT molecular complexity index is 444. The molecule has 1 aromatic heterocycles. The standard InChI is InChI=1S/C11H17ClN4O3/c1-16(5-8(17)6-19-2)11(18)7-3-9(12)14-10(4-7)15-13/h3-4,8,17H,5-6,13H2,1-2H3,(H,14,15). The van der Waals surface area contributed by atoms with Crippen LogP contribution in [0.2, 0.25) is 5.15 Å². The molecule has 0 spiro atoms. The number of anilines is 1. The second-order valence-corrected chi connectivity index (χ2v) is 4.39. The van der Waals surface area contributed by atoms with E-state index in [1.807, 2.05) is 0 Å². The Labute approximate surface area is 116 Å². The number of nitrogens with one attached hydrogen (secondary N) is 1. The van der Waals surface area contributed by atoms with Gasteiger partial charge in [0.1, 0.15) is 11.0 Å². The van der Waals surface area contributed by atoms with Crippen LogP contribution in [0.15, 0.2) is 12.1 Å². The van der Waals surface area contributed by atoms with Crippen molar-refractivity contribution in [2.75, 3.05) is 32.7 Å². The number of aromatic nitrogens is 1. The number of aliphatic hydroxyl groups is 1. The molecule has 0 aliphatic rings. The quantitative estimate of drug-likeness (QED) is 0.390. The van der Waals surface area contributed by atoms with Crippen molar-refractivity contribution in [3.63, 3.8) is 0 Å². The molecule has 1 heterocycles. The zero-order valence-electron chi connectivity index (χ0n) is 10.8. The SMILES string of the molecule is COCC(O)CN(C)C(=O)c1cc(Cl)nc(NN)c1. The molecule has 106 valence electrons. The van der Waals surface area contributed by atoms with Gasteiger partial charge < -0.3 is 20.2 Å². The van der Waals surface area contributed by atoms with Crippen LogP contribution >= 0.6 is 11.6 Å². The summed E-state index contributed by atoms with van der Waals surface area (Å²) in [4.78, 5) is 17.4. The molecule has 0 saturated heterocycles. The Morgan fingerprint density at radius 3 is 2.95 bits per heavy atom. The molecule has 0 aliphatic heterocycles. The average molecular weight is 289 g/mol. The molecule has 0 bridgehead atoms. The first-order valence-corrected chi connectivity index (χ1v) is 5.92. The van der Waals surface area contributed by atoms with Gasteiger partial charge in [0.2, 0.25) is 0 Å². The molecule has 4 N–H and O–H groups in total. The zero-order chi connectivity index (χ0) is 14.4. The van der Waals surface area contributed by atoms with Gasteiger partial charge in [-0.2, -0.15) is 0 Å². The van der Waals surface area contributed by atoms with Crippen molar-refractivity contribution < 1.29 is 14.6 Å². The summed E-state index contributed by atoms with van der Waals surface area (Å²) in [6, 6.07) is 2.91. The number of nitrogens with two attached hydrogens (primary N) is 1. The highest BCUT2D eigenvalue weighted by atomic mass is 35.5. The third-order valence-electron chi connectivity index (χ3n) is 2.38. The summed E-state index contributed by atoms with van der Waals surface area (Å²) in [5.74, 6) is 5.23. The van der Waals surface area contributed by atoms with Crippen LogP contribution in [0.1, 0.15) is 10.4 Å². The molecule has 1 amide bonds. The number of ether oxygens (including phenoxy) is 1. The van der Waals surface area contributed by atoms with Crippen LogP contribution in [0.4, 0.5) is 5.82 Å².